The van der Waals surface area contributed by atoms with Crippen molar-refractivity contribution in [3.8, 4) is 0 Å². The summed E-state index contributed by atoms with van der Waals surface area (Å²) >= 11 is 0. The SMILES string of the molecule is COCc1cn([C@@H]2C[C@@H]3CN(C(=O)c4ccc5ccccc5n4)C[C@@H]3C[C@H]2O)nn1. The molecule has 0 radical (unpaired) electrons. The van der Waals surface area contributed by atoms with Gasteiger partial charge in [-0.1, -0.05) is 29.5 Å². The standard InChI is InChI=1S/C22H25N5O3/c1-30-13-17-12-27(25-24-17)20-8-15-10-26(11-16(15)9-21(20)28)22(29)19-7-6-14-4-2-3-5-18(14)23-19/h2-7,12,15-16,20-21,28H,8-11,13H2,1H3/t15-,16+,20-,21-/m1/s1. The third-order valence-electron chi connectivity index (χ3n) is 6.40. The molecule has 1 N–H and O–H groups in total. The smallest absolute Gasteiger partial charge is 0.272 e. The van der Waals surface area contributed by atoms with Gasteiger partial charge in [-0.05, 0) is 36.8 Å². The Morgan fingerprint density at radius 3 is 2.80 bits per heavy atom. The number of aliphatic hydroxyl groups excluding tert-OH is 1. The Labute approximate surface area is 174 Å². The molecule has 1 aliphatic carbocycles. The predicted molar refractivity (Wildman–Crippen MR) is 110 cm³/mol. The Morgan fingerprint density at radius 2 is 1.97 bits per heavy atom. The van der Waals surface area contributed by atoms with E-state index in [9.17, 15) is 9.90 Å². The number of rotatable bonds is 4. The molecule has 30 heavy (non-hydrogen) atoms. The van der Waals surface area contributed by atoms with Crippen LogP contribution in [0.4, 0.5) is 0 Å². The molecule has 0 bridgehead atoms. The molecule has 3 heterocycles. The lowest BCUT2D eigenvalue weighted by molar-refractivity contribution is 0.0298. The summed E-state index contributed by atoms with van der Waals surface area (Å²) in [5.41, 5.74) is 2.05. The van der Waals surface area contributed by atoms with Crippen LogP contribution in [0.5, 0.6) is 0 Å². The maximum Gasteiger partial charge on any atom is 0.272 e. The van der Waals surface area contributed by atoms with Crippen molar-refractivity contribution < 1.29 is 14.6 Å². The van der Waals surface area contributed by atoms with Gasteiger partial charge in [0, 0.05) is 25.6 Å². The van der Waals surface area contributed by atoms with E-state index >= 15 is 0 Å². The van der Waals surface area contributed by atoms with Crippen LogP contribution in [0.3, 0.4) is 0 Å². The van der Waals surface area contributed by atoms with Gasteiger partial charge in [0.1, 0.15) is 11.4 Å². The third-order valence-corrected chi connectivity index (χ3v) is 6.40. The molecule has 1 aliphatic heterocycles. The number of likely N-dealkylation sites (tertiary alicyclic amines) is 1. The zero-order valence-electron chi connectivity index (χ0n) is 16.9. The van der Waals surface area contributed by atoms with Crippen molar-refractivity contribution in [2.24, 2.45) is 11.8 Å². The number of aliphatic hydroxyl groups is 1. The number of carbonyl (C=O) groups is 1. The number of pyridine rings is 1. The summed E-state index contributed by atoms with van der Waals surface area (Å²) in [5.74, 6) is 0.588. The van der Waals surface area contributed by atoms with Crippen LogP contribution in [0.1, 0.15) is 35.1 Å². The fraction of sp³-hybridized carbons (Fsp3) is 0.455. The number of carbonyl (C=O) groups excluding carboxylic acids is 1. The molecule has 2 aliphatic rings. The quantitative estimate of drug-likeness (QED) is 0.712. The van der Waals surface area contributed by atoms with E-state index in [4.69, 9.17) is 4.74 Å². The predicted octanol–water partition coefficient (Wildman–Crippen LogP) is 2.06. The Balaban J connectivity index is 1.30. The second-order valence-corrected chi connectivity index (χ2v) is 8.35. The molecule has 8 heteroatoms. The zero-order chi connectivity index (χ0) is 20.7. The number of methoxy groups -OCH3 is 1. The summed E-state index contributed by atoms with van der Waals surface area (Å²) in [6.45, 7) is 1.74. The molecule has 2 aromatic heterocycles. The molecule has 2 fully saturated rings. The molecule has 5 rings (SSSR count). The van der Waals surface area contributed by atoms with Crippen LogP contribution in [-0.4, -0.2) is 62.2 Å². The Kier molecular flexibility index (Phi) is 4.96. The number of benzene rings is 1. The van der Waals surface area contributed by atoms with E-state index in [-0.39, 0.29) is 11.9 Å². The third kappa shape index (κ3) is 3.46. The molecular weight excluding hydrogens is 382 g/mol. The van der Waals surface area contributed by atoms with Gasteiger partial charge in [-0.2, -0.15) is 0 Å². The Morgan fingerprint density at radius 1 is 1.17 bits per heavy atom. The molecule has 156 valence electrons. The number of aromatic nitrogens is 4. The minimum atomic E-state index is -0.503. The maximum atomic E-state index is 13.1. The molecule has 0 spiro atoms. The number of amides is 1. The largest absolute Gasteiger partial charge is 0.391 e. The normalized spacial score (nSPS) is 26.1. The van der Waals surface area contributed by atoms with Crippen molar-refractivity contribution in [1.29, 1.82) is 0 Å². The van der Waals surface area contributed by atoms with Gasteiger partial charge < -0.3 is 14.7 Å². The maximum absolute atomic E-state index is 13.1. The highest BCUT2D eigenvalue weighted by molar-refractivity contribution is 5.95. The van der Waals surface area contributed by atoms with Gasteiger partial charge in [0.05, 0.1) is 30.5 Å². The minimum Gasteiger partial charge on any atom is -0.391 e. The summed E-state index contributed by atoms with van der Waals surface area (Å²) < 4.78 is 6.86. The van der Waals surface area contributed by atoms with E-state index in [1.54, 1.807) is 17.9 Å². The lowest BCUT2D eigenvalue weighted by atomic mass is 9.77. The number of hydrogen-bond acceptors (Lipinski definition) is 6. The van der Waals surface area contributed by atoms with Crippen LogP contribution in [-0.2, 0) is 11.3 Å². The molecular formula is C22H25N5O3. The van der Waals surface area contributed by atoms with Crippen molar-refractivity contribution in [3.05, 3.63) is 54.0 Å². The number of fused-ring (bicyclic) bond motifs is 2. The van der Waals surface area contributed by atoms with Crippen molar-refractivity contribution in [1.82, 2.24) is 24.9 Å². The first-order chi connectivity index (χ1) is 14.6. The molecule has 4 atom stereocenters. The monoisotopic (exact) mass is 407 g/mol. The zero-order valence-corrected chi connectivity index (χ0v) is 16.9. The summed E-state index contributed by atoms with van der Waals surface area (Å²) in [6.07, 6.45) is 2.77. The van der Waals surface area contributed by atoms with Gasteiger partial charge in [0.2, 0.25) is 0 Å². The van der Waals surface area contributed by atoms with Crippen molar-refractivity contribution in [2.75, 3.05) is 20.2 Å². The Bertz CT molecular complexity index is 1070. The molecule has 1 aromatic carbocycles. The molecule has 1 saturated carbocycles. The number of nitrogens with zero attached hydrogens (tertiary/aromatic N) is 5. The fourth-order valence-corrected chi connectivity index (χ4v) is 4.89. The number of ether oxygens (including phenoxy) is 1. The van der Waals surface area contributed by atoms with Crippen LogP contribution in [0, 0.1) is 11.8 Å². The molecule has 1 amide bonds. The minimum absolute atomic E-state index is 0.0377. The molecule has 1 saturated heterocycles. The van der Waals surface area contributed by atoms with E-state index in [1.165, 1.54) is 0 Å². The van der Waals surface area contributed by atoms with Crippen molar-refractivity contribution in [2.45, 2.75) is 31.6 Å². The highest BCUT2D eigenvalue weighted by atomic mass is 16.5. The summed E-state index contributed by atoms with van der Waals surface area (Å²) in [5, 5.41) is 20.1. The first-order valence-electron chi connectivity index (χ1n) is 10.3. The van der Waals surface area contributed by atoms with Gasteiger partial charge in [-0.15, -0.1) is 5.10 Å². The molecule has 3 aromatic rings. The van der Waals surface area contributed by atoms with Gasteiger partial charge >= 0.3 is 0 Å². The topological polar surface area (TPSA) is 93.4 Å². The first-order valence-corrected chi connectivity index (χ1v) is 10.3. The first kappa shape index (κ1) is 19.1. The van der Waals surface area contributed by atoms with E-state index in [0.29, 0.717) is 43.6 Å². The highest BCUT2D eigenvalue weighted by Gasteiger charge is 2.44. The highest BCUT2D eigenvalue weighted by Crippen LogP contribution is 2.41. The second-order valence-electron chi connectivity index (χ2n) is 8.35. The van der Waals surface area contributed by atoms with Gasteiger partial charge in [-0.3, -0.25) is 4.79 Å². The number of hydrogen-bond donors (Lipinski definition) is 1. The number of para-hydroxylation sites is 1. The lowest BCUT2D eigenvalue weighted by Gasteiger charge is -2.34. The van der Waals surface area contributed by atoms with Crippen molar-refractivity contribution >= 4 is 16.8 Å². The summed E-state index contributed by atoms with van der Waals surface area (Å²) in [6, 6.07) is 11.4. The van der Waals surface area contributed by atoms with Crippen LogP contribution in [0.2, 0.25) is 0 Å². The van der Waals surface area contributed by atoms with Crippen LogP contribution >= 0.6 is 0 Å². The molecule has 8 nitrogen and oxygen atoms in total. The average Bonchev–Trinajstić information content (AvgIpc) is 3.39. The van der Waals surface area contributed by atoms with Gasteiger partial charge in [-0.25, -0.2) is 9.67 Å². The fourth-order valence-electron chi connectivity index (χ4n) is 4.89. The summed E-state index contributed by atoms with van der Waals surface area (Å²) in [7, 11) is 1.62. The summed E-state index contributed by atoms with van der Waals surface area (Å²) in [4.78, 5) is 19.5. The van der Waals surface area contributed by atoms with E-state index in [1.807, 2.05) is 41.4 Å². The second kappa shape index (κ2) is 7.77. The van der Waals surface area contributed by atoms with Crippen LogP contribution in [0.15, 0.2) is 42.6 Å². The average molecular weight is 407 g/mol. The Hall–Kier alpha value is -2.84. The van der Waals surface area contributed by atoms with E-state index < -0.39 is 6.10 Å². The van der Waals surface area contributed by atoms with Crippen molar-refractivity contribution in [3.63, 3.8) is 0 Å². The van der Waals surface area contributed by atoms with Crippen LogP contribution in [0.25, 0.3) is 10.9 Å². The van der Waals surface area contributed by atoms with Gasteiger partial charge in [0.25, 0.3) is 5.91 Å². The van der Waals surface area contributed by atoms with Gasteiger partial charge in [0.15, 0.2) is 0 Å². The van der Waals surface area contributed by atoms with E-state index in [2.05, 4.69) is 15.3 Å². The van der Waals surface area contributed by atoms with Crippen LogP contribution < -0.4 is 0 Å². The lowest BCUT2D eigenvalue weighted by Crippen LogP contribution is -2.36. The molecule has 0 unspecified atom stereocenters. The van der Waals surface area contributed by atoms with E-state index in [0.717, 1.165) is 23.0 Å².